The Labute approximate surface area is 170 Å². The Morgan fingerprint density at radius 3 is 2.75 bits per heavy atom. The zero-order valence-corrected chi connectivity index (χ0v) is 17.6. The van der Waals surface area contributed by atoms with Crippen LogP contribution in [0.15, 0.2) is 42.5 Å². The maximum absolute atomic E-state index is 12.7. The molecular formula is C23H27N3OS. The summed E-state index contributed by atoms with van der Waals surface area (Å²) >= 11 is 1.70. The van der Waals surface area contributed by atoms with Gasteiger partial charge in [-0.3, -0.25) is 9.69 Å². The van der Waals surface area contributed by atoms with Crippen molar-refractivity contribution in [3.05, 3.63) is 48.0 Å². The van der Waals surface area contributed by atoms with Crippen molar-refractivity contribution in [2.75, 3.05) is 11.9 Å². The van der Waals surface area contributed by atoms with Crippen LogP contribution in [0.5, 0.6) is 0 Å². The fourth-order valence-corrected chi connectivity index (χ4v) is 5.01. The summed E-state index contributed by atoms with van der Waals surface area (Å²) in [6, 6.07) is 14.7. The lowest BCUT2D eigenvalue weighted by Gasteiger charge is -2.37. The van der Waals surface area contributed by atoms with Gasteiger partial charge < -0.3 is 5.32 Å². The minimum Gasteiger partial charge on any atom is -0.325 e. The van der Waals surface area contributed by atoms with E-state index in [1.807, 2.05) is 31.2 Å². The van der Waals surface area contributed by atoms with Crippen LogP contribution in [0, 0.1) is 6.92 Å². The average Bonchev–Trinajstić information content (AvgIpc) is 3.11. The zero-order chi connectivity index (χ0) is 19.7. The minimum atomic E-state index is -0.109. The Kier molecular flexibility index (Phi) is 5.47. The summed E-state index contributed by atoms with van der Waals surface area (Å²) < 4.78 is 1.21. The van der Waals surface area contributed by atoms with E-state index in [0.717, 1.165) is 28.3 Å². The van der Waals surface area contributed by atoms with E-state index in [-0.39, 0.29) is 11.9 Å². The van der Waals surface area contributed by atoms with Crippen LogP contribution in [0.2, 0.25) is 0 Å². The summed E-state index contributed by atoms with van der Waals surface area (Å²) in [6.45, 7) is 7.33. The summed E-state index contributed by atoms with van der Waals surface area (Å²) in [5.74, 6) is 0.0666. The van der Waals surface area contributed by atoms with E-state index in [1.165, 1.54) is 29.5 Å². The van der Waals surface area contributed by atoms with E-state index in [9.17, 15) is 4.79 Å². The number of anilines is 1. The molecule has 0 saturated carbocycles. The molecule has 2 aromatic carbocycles. The number of likely N-dealkylation sites (tertiary alicyclic amines) is 1. The van der Waals surface area contributed by atoms with Gasteiger partial charge in [0.1, 0.15) is 5.01 Å². The fraction of sp³-hybridized carbons (Fsp3) is 0.391. The number of amides is 1. The van der Waals surface area contributed by atoms with Crippen molar-refractivity contribution in [1.29, 1.82) is 0 Å². The number of piperidine rings is 1. The highest BCUT2D eigenvalue weighted by atomic mass is 32.1. The lowest BCUT2D eigenvalue weighted by atomic mass is 10.0. The molecule has 2 heterocycles. The summed E-state index contributed by atoms with van der Waals surface area (Å²) in [6.07, 6.45) is 3.62. The first-order valence-electron chi connectivity index (χ1n) is 10.1. The Morgan fingerprint density at radius 1 is 1.21 bits per heavy atom. The predicted molar refractivity (Wildman–Crippen MR) is 118 cm³/mol. The SMILES string of the molecule is Cc1ccc2nc(-c3ccc(NC(=O)[C@H](C)N4CCCC[C@H]4C)cc3)sc2c1. The van der Waals surface area contributed by atoms with Gasteiger partial charge in [0, 0.05) is 17.3 Å². The van der Waals surface area contributed by atoms with E-state index < -0.39 is 0 Å². The molecule has 146 valence electrons. The number of carbonyl (C=O) groups is 1. The lowest BCUT2D eigenvalue weighted by molar-refractivity contribution is -0.122. The van der Waals surface area contributed by atoms with Crippen LogP contribution in [-0.2, 0) is 4.79 Å². The highest BCUT2D eigenvalue weighted by molar-refractivity contribution is 7.21. The molecule has 0 spiro atoms. The molecule has 1 saturated heterocycles. The van der Waals surface area contributed by atoms with Gasteiger partial charge in [-0.05, 0) is 82.1 Å². The molecule has 1 amide bonds. The van der Waals surface area contributed by atoms with Crippen molar-refractivity contribution in [3.8, 4) is 10.6 Å². The number of thiazole rings is 1. The number of hydrogen-bond donors (Lipinski definition) is 1. The predicted octanol–water partition coefficient (Wildman–Crippen LogP) is 5.47. The first kappa shape index (κ1) is 19.1. The molecule has 0 unspecified atom stereocenters. The second kappa shape index (κ2) is 8.02. The van der Waals surface area contributed by atoms with Crippen LogP contribution in [-0.4, -0.2) is 34.4 Å². The van der Waals surface area contributed by atoms with Crippen molar-refractivity contribution in [2.45, 2.75) is 52.1 Å². The second-order valence-electron chi connectivity index (χ2n) is 7.82. The van der Waals surface area contributed by atoms with Gasteiger partial charge in [0.15, 0.2) is 0 Å². The molecule has 0 aliphatic carbocycles. The lowest BCUT2D eigenvalue weighted by Crippen LogP contribution is -2.48. The Bertz CT molecular complexity index is 979. The maximum atomic E-state index is 12.7. The van der Waals surface area contributed by atoms with E-state index in [2.05, 4.69) is 42.3 Å². The van der Waals surface area contributed by atoms with Gasteiger partial charge in [0.05, 0.1) is 16.3 Å². The Morgan fingerprint density at radius 2 is 2.00 bits per heavy atom. The number of rotatable bonds is 4. The van der Waals surface area contributed by atoms with Crippen molar-refractivity contribution in [1.82, 2.24) is 9.88 Å². The first-order chi connectivity index (χ1) is 13.5. The molecule has 1 aromatic heterocycles. The third kappa shape index (κ3) is 3.96. The third-order valence-corrected chi connectivity index (χ3v) is 6.74. The summed E-state index contributed by atoms with van der Waals surface area (Å²) in [5.41, 5.74) is 4.20. The van der Waals surface area contributed by atoms with Crippen molar-refractivity contribution in [3.63, 3.8) is 0 Å². The number of carbonyl (C=O) groups excluding carboxylic acids is 1. The molecule has 0 radical (unpaired) electrons. The summed E-state index contributed by atoms with van der Waals surface area (Å²) in [5, 5.41) is 4.08. The highest BCUT2D eigenvalue weighted by Gasteiger charge is 2.27. The zero-order valence-electron chi connectivity index (χ0n) is 16.7. The van der Waals surface area contributed by atoms with Crippen LogP contribution >= 0.6 is 11.3 Å². The van der Waals surface area contributed by atoms with E-state index in [1.54, 1.807) is 11.3 Å². The minimum absolute atomic E-state index is 0.0666. The van der Waals surface area contributed by atoms with E-state index in [4.69, 9.17) is 4.98 Å². The number of nitrogens with zero attached hydrogens (tertiary/aromatic N) is 2. The fourth-order valence-electron chi connectivity index (χ4n) is 3.94. The molecule has 2 atom stereocenters. The number of benzene rings is 2. The molecule has 1 N–H and O–H groups in total. The van der Waals surface area contributed by atoms with Crippen molar-refractivity contribution in [2.24, 2.45) is 0 Å². The van der Waals surface area contributed by atoms with Crippen molar-refractivity contribution < 1.29 is 4.79 Å². The quantitative estimate of drug-likeness (QED) is 0.639. The Hall–Kier alpha value is -2.24. The molecule has 28 heavy (non-hydrogen) atoms. The number of aromatic nitrogens is 1. The summed E-state index contributed by atoms with van der Waals surface area (Å²) in [7, 11) is 0. The van der Waals surface area contributed by atoms with Gasteiger partial charge in [0.2, 0.25) is 5.91 Å². The monoisotopic (exact) mass is 393 g/mol. The van der Waals surface area contributed by atoms with Crippen LogP contribution in [0.3, 0.4) is 0 Å². The number of aryl methyl sites for hydroxylation is 1. The molecule has 1 fully saturated rings. The van der Waals surface area contributed by atoms with Gasteiger partial charge in [-0.15, -0.1) is 11.3 Å². The third-order valence-electron chi connectivity index (χ3n) is 5.67. The van der Waals surface area contributed by atoms with Gasteiger partial charge >= 0.3 is 0 Å². The average molecular weight is 394 g/mol. The molecule has 1 aliphatic rings. The molecule has 3 aromatic rings. The van der Waals surface area contributed by atoms with Crippen LogP contribution < -0.4 is 5.32 Å². The number of hydrogen-bond acceptors (Lipinski definition) is 4. The number of fused-ring (bicyclic) bond motifs is 1. The highest BCUT2D eigenvalue weighted by Crippen LogP contribution is 2.31. The van der Waals surface area contributed by atoms with Crippen LogP contribution in [0.1, 0.15) is 38.7 Å². The van der Waals surface area contributed by atoms with Gasteiger partial charge in [-0.1, -0.05) is 12.5 Å². The van der Waals surface area contributed by atoms with E-state index in [0.29, 0.717) is 6.04 Å². The normalized spacial score (nSPS) is 18.9. The molecular weight excluding hydrogens is 366 g/mol. The summed E-state index contributed by atoms with van der Waals surface area (Å²) in [4.78, 5) is 19.8. The smallest absolute Gasteiger partial charge is 0.241 e. The molecule has 1 aliphatic heterocycles. The molecule has 5 heteroatoms. The van der Waals surface area contributed by atoms with Gasteiger partial charge in [-0.2, -0.15) is 0 Å². The van der Waals surface area contributed by atoms with Crippen molar-refractivity contribution >= 4 is 33.1 Å². The molecule has 4 nitrogen and oxygen atoms in total. The maximum Gasteiger partial charge on any atom is 0.241 e. The second-order valence-corrected chi connectivity index (χ2v) is 8.85. The number of nitrogens with one attached hydrogen (secondary N) is 1. The van der Waals surface area contributed by atoms with Crippen LogP contribution in [0.25, 0.3) is 20.8 Å². The topological polar surface area (TPSA) is 45.2 Å². The first-order valence-corrected chi connectivity index (χ1v) is 10.9. The standard InChI is InChI=1S/C23H27N3OS/c1-15-7-12-20-21(14-15)28-23(25-20)18-8-10-19(11-9-18)24-22(27)17(3)26-13-5-4-6-16(26)2/h7-12,14,16-17H,4-6,13H2,1-3H3,(H,24,27)/t16-,17+/m1/s1. The van der Waals surface area contributed by atoms with Gasteiger partial charge in [0.25, 0.3) is 0 Å². The van der Waals surface area contributed by atoms with E-state index >= 15 is 0 Å². The van der Waals surface area contributed by atoms with Gasteiger partial charge in [-0.25, -0.2) is 4.98 Å². The molecule has 4 rings (SSSR count). The van der Waals surface area contributed by atoms with Crippen LogP contribution in [0.4, 0.5) is 5.69 Å². The molecule has 0 bridgehead atoms. The largest absolute Gasteiger partial charge is 0.325 e. The Balaban J connectivity index is 1.45.